The fourth-order valence-electron chi connectivity index (χ4n) is 1.81. The molecule has 116 valence electrons. The molecular formula is C13H17ClN2O4S. The molecule has 3 N–H and O–H groups in total. The van der Waals surface area contributed by atoms with Gasteiger partial charge in [0.05, 0.1) is 15.5 Å². The highest BCUT2D eigenvalue weighted by Crippen LogP contribution is 2.20. The first-order valence-electron chi connectivity index (χ1n) is 6.66. The van der Waals surface area contributed by atoms with Crippen molar-refractivity contribution >= 4 is 27.6 Å². The number of benzene rings is 1. The van der Waals surface area contributed by atoms with Crippen molar-refractivity contribution in [2.24, 2.45) is 0 Å². The van der Waals surface area contributed by atoms with E-state index in [1.54, 1.807) is 0 Å². The summed E-state index contributed by atoms with van der Waals surface area (Å²) in [6, 6.07) is 4.22. The molecule has 0 amide bonds. The number of aromatic carboxylic acids is 1. The normalized spacial score (nSPS) is 15.1. The quantitative estimate of drug-likeness (QED) is 0.626. The van der Waals surface area contributed by atoms with Gasteiger partial charge >= 0.3 is 5.97 Å². The van der Waals surface area contributed by atoms with Crippen molar-refractivity contribution in [2.75, 3.05) is 13.1 Å². The molecule has 1 saturated carbocycles. The molecule has 1 aromatic rings. The SMILES string of the molecule is O=C(O)c1cc(S(=O)(=O)NCCCNC2CC2)ccc1Cl. The zero-order chi connectivity index (χ0) is 15.5. The first-order valence-corrected chi connectivity index (χ1v) is 8.52. The van der Waals surface area contributed by atoms with E-state index in [4.69, 9.17) is 16.7 Å². The third-order valence-corrected chi connectivity index (χ3v) is 4.92. The molecule has 0 heterocycles. The van der Waals surface area contributed by atoms with Crippen LogP contribution < -0.4 is 10.0 Å². The lowest BCUT2D eigenvalue weighted by Gasteiger charge is -2.08. The Bertz CT molecular complexity index is 629. The zero-order valence-electron chi connectivity index (χ0n) is 11.3. The Morgan fingerprint density at radius 2 is 2.05 bits per heavy atom. The minimum atomic E-state index is -3.72. The minimum absolute atomic E-state index is 0.00934. The molecule has 1 fully saturated rings. The predicted octanol–water partition coefficient (Wildman–Crippen LogP) is 1.46. The standard InChI is InChI=1S/C13H17ClN2O4S/c14-12-5-4-10(8-11(12)13(17)18)21(19,20)16-7-1-6-15-9-2-3-9/h4-5,8-9,15-16H,1-3,6-7H2,(H,17,18). The van der Waals surface area contributed by atoms with Crippen LogP contribution in [0.2, 0.25) is 5.02 Å². The molecule has 0 bridgehead atoms. The third kappa shape index (κ3) is 4.67. The van der Waals surface area contributed by atoms with Gasteiger partial charge in [0.15, 0.2) is 0 Å². The van der Waals surface area contributed by atoms with Crippen LogP contribution in [0.25, 0.3) is 0 Å². The summed E-state index contributed by atoms with van der Waals surface area (Å²) in [4.78, 5) is 10.9. The van der Waals surface area contributed by atoms with E-state index in [0.29, 0.717) is 19.0 Å². The Hall–Kier alpha value is -1.15. The van der Waals surface area contributed by atoms with E-state index in [1.165, 1.54) is 25.0 Å². The lowest BCUT2D eigenvalue weighted by molar-refractivity contribution is 0.0697. The summed E-state index contributed by atoms with van der Waals surface area (Å²) in [5, 5.41) is 12.2. The Balaban J connectivity index is 1.94. The number of rotatable bonds is 8. The van der Waals surface area contributed by atoms with Crippen molar-refractivity contribution in [2.45, 2.75) is 30.2 Å². The smallest absolute Gasteiger partial charge is 0.337 e. The van der Waals surface area contributed by atoms with E-state index in [1.807, 2.05) is 0 Å². The molecule has 0 aromatic heterocycles. The molecule has 0 unspecified atom stereocenters. The van der Waals surface area contributed by atoms with Crippen molar-refractivity contribution in [1.82, 2.24) is 10.0 Å². The minimum Gasteiger partial charge on any atom is -0.478 e. The fourth-order valence-corrected chi connectivity index (χ4v) is 3.11. The van der Waals surface area contributed by atoms with E-state index >= 15 is 0 Å². The summed E-state index contributed by atoms with van der Waals surface area (Å²) >= 11 is 5.72. The molecular weight excluding hydrogens is 316 g/mol. The number of halogens is 1. The number of carboxylic acid groups (broad SMARTS) is 1. The topological polar surface area (TPSA) is 95.5 Å². The lowest BCUT2D eigenvalue weighted by atomic mass is 10.2. The van der Waals surface area contributed by atoms with Gasteiger partial charge in [-0.1, -0.05) is 11.6 Å². The molecule has 8 heteroatoms. The second kappa shape index (κ2) is 6.74. The summed E-state index contributed by atoms with van der Waals surface area (Å²) in [7, 11) is -3.72. The van der Waals surface area contributed by atoms with Gasteiger partial charge in [-0.2, -0.15) is 0 Å². The van der Waals surface area contributed by atoms with Crippen LogP contribution in [-0.2, 0) is 10.0 Å². The highest BCUT2D eigenvalue weighted by atomic mass is 35.5. The second-order valence-electron chi connectivity index (χ2n) is 4.93. The van der Waals surface area contributed by atoms with E-state index in [9.17, 15) is 13.2 Å². The molecule has 6 nitrogen and oxygen atoms in total. The van der Waals surface area contributed by atoms with Gasteiger partial charge in [-0.25, -0.2) is 17.9 Å². The Morgan fingerprint density at radius 3 is 2.67 bits per heavy atom. The number of carbonyl (C=O) groups is 1. The van der Waals surface area contributed by atoms with Crippen molar-refractivity contribution < 1.29 is 18.3 Å². The third-order valence-electron chi connectivity index (χ3n) is 3.13. The van der Waals surface area contributed by atoms with Crippen molar-refractivity contribution in [3.05, 3.63) is 28.8 Å². The van der Waals surface area contributed by atoms with Crippen LogP contribution in [0.5, 0.6) is 0 Å². The average Bonchev–Trinajstić information content (AvgIpc) is 3.22. The van der Waals surface area contributed by atoms with Crippen LogP contribution in [0.3, 0.4) is 0 Å². The summed E-state index contributed by atoms with van der Waals surface area (Å²) in [6.45, 7) is 1.06. The molecule has 1 aliphatic rings. The summed E-state index contributed by atoms with van der Waals surface area (Å²) in [6.07, 6.45) is 3.05. The maximum atomic E-state index is 12.1. The molecule has 2 rings (SSSR count). The van der Waals surface area contributed by atoms with Crippen LogP contribution in [0.4, 0.5) is 0 Å². The maximum absolute atomic E-state index is 12.1. The number of hydrogen-bond donors (Lipinski definition) is 3. The van der Waals surface area contributed by atoms with E-state index < -0.39 is 16.0 Å². The van der Waals surface area contributed by atoms with Gasteiger partial charge in [-0.3, -0.25) is 0 Å². The van der Waals surface area contributed by atoms with Gasteiger partial charge in [-0.15, -0.1) is 0 Å². The monoisotopic (exact) mass is 332 g/mol. The molecule has 0 radical (unpaired) electrons. The van der Waals surface area contributed by atoms with Crippen LogP contribution in [-0.4, -0.2) is 38.6 Å². The van der Waals surface area contributed by atoms with Gasteiger partial charge in [0.25, 0.3) is 0 Å². The molecule has 0 atom stereocenters. The number of carboxylic acids is 1. The van der Waals surface area contributed by atoms with E-state index in [-0.39, 0.29) is 15.5 Å². The lowest BCUT2D eigenvalue weighted by Crippen LogP contribution is -2.28. The Morgan fingerprint density at radius 1 is 1.33 bits per heavy atom. The molecule has 1 aliphatic carbocycles. The molecule has 21 heavy (non-hydrogen) atoms. The first kappa shape index (κ1) is 16.2. The van der Waals surface area contributed by atoms with Gasteiger partial charge in [-0.05, 0) is 44.0 Å². The van der Waals surface area contributed by atoms with Crippen LogP contribution in [0.1, 0.15) is 29.6 Å². The molecule has 0 aliphatic heterocycles. The first-order chi connectivity index (χ1) is 9.90. The van der Waals surface area contributed by atoms with E-state index in [0.717, 1.165) is 12.6 Å². The number of nitrogens with one attached hydrogen (secondary N) is 2. The summed E-state index contributed by atoms with van der Waals surface area (Å²) in [5.74, 6) is -1.26. The Kier molecular flexibility index (Phi) is 5.21. The second-order valence-corrected chi connectivity index (χ2v) is 7.10. The highest BCUT2D eigenvalue weighted by molar-refractivity contribution is 7.89. The maximum Gasteiger partial charge on any atom is 0.337 e. The van der Waals surface area contributed by atoms with Gasteiger partial charge < -0.3 is 10.4 Å². The molecule has 1 aromatic carbocycles. The molecule has 0 spiro atoms. The zero-order valence-corrected chi connectivity index (χ0v) is 12.9. The predicted molar refractivity (Wildman–Crippen MR) is 79.2 cm³/mol. The van der Waals surface area contributed by atoms with Crippen LogP contribution in [0.15, 0.2) is 23.1 Å². The summed E-state index contributed by atoms with van der Waals surface area (Å²) < 4.78 is 26.6. The van der Waals surface area contributed by atoms with Crippen molar-refractivity contribution in [3.8, 4) is 0 Å². The fraction of sp³-hybridized carbons (Fsp3) is 0.462. The molecule has 0 saturated heterocycles. The number of sulfonamides is 1. The van der Waals surface area contributed by atoms with Gasteiger partial charge in [0.1, 0.15) is 0 Å². The van der Waals surface area contributed by atoms with Gasteiger partial charge in [0, 0.05) is 12.6 Å². The van der Waals surface area contributed by atoms with Gasteiger partial charge in [0.2, 0.25) is 10.0 Å². The van der Waals surface area contributed by atoms with Crippen molar-refractivity contribution in [3.63, 3.8) is 0 Å². The Labute approximate surface area is 128 Å². The van der Waals surface area contributed by atoms with Crippen LogP contribution >= 0.6 is 11.6 Å². The average molecular weight is 333 g/mol. The van der Waals surface area contributed by atoms with Crippen molar-refractivity contribution in [1.29, 1.82) is 0 Å². The van der Waals surface area contributed by atoms with E-state index in [2.05, 4.69) is 10.0 Å². The number of hydrogen-bond acceptors (Lipinski definition) is 4. The van der Waals surface area contributed by atoms with Crippen LogP contribution in [0, 0.1) is 0 Å². The largest absolute Gasteiger partial charge is 0.478 e. The highest BCUT2D eigenvalue weighted by Gasteiger charge is 2.20. The summed E-state index contributed by atoms with van der Waals surface area (Å²) in [5.41, 5.74) is -0.227.